The fourth-order valence-electron chi connectivity index (χ4n) is 2.60. The van der Waals surface area contributed by atoms with Gasteiger partial charge in [-0.15, -0.1) is 35.3 Å². The molecule has 132 valence electrons. The van der Waals surface area contributed by atoms with Crippen LogP contribution in [0.5, 0.6) is 0 Å². The summed E-state index contributed by atoms with van der Waals surface area (Å²) < 4.78 is 10.9. The molecule has 7 heteroatoms. The van der Waals surface area contributed by atoms with Crippen LogP contribution in [0.2, 0.25) is 0 Å². The molecule has 1 N–H and O–H groups in total. The summed E-state index contributed by atoms with van der Waals surface area (Å²) in [5, 5.41) is 5.55. The highest BCUT2D eigenvalue weighted by molar-refractivity contribution is 14.0. The number of likely N-dealkylation sites (tertiary alicyclic amines) is 1. The molecule has 0 spiro atoms. The number of methoxy groups -OCH3 is 1. The molecule has 0 aromatic carbocycles. The largest absolute Gasteiger partial charge is 0.385 e. The maximum absolute atomic E-state index is 5.90. The number of aliphatic imine (C=N–C) groups is 1. The molecular weight excluding hydrogens is 425 g/mol. The molecule has 0 aliphatic carbocycles. The lowest BCUT2D eigenvalue weighted by Crippen LogP contribution is -2.46. The third-order valence-corrected chi connectivity index (χ3v) is 4.68. The summed E-state index contributed by atoms with van der Waals surface area (Å²) in [7, 11) is 3.58. The van der Waals surface area contributed by atoms with Gasteiger partial charge in [-0.3, -0.25) is 4.99 Å². The first kappa shape index (κ1) is 20.7. The monoisotopic (exact) mass is 453 g/mol. The van der Waals surface area contributed by atoms with Gasteiger partial charge in [0.15, 0.2) is 5.96 Å². The van der Waals surface area contributed by atoms with E-state index in [0.29, 0.717) is 6.10 Å². The fourth-order valence-corrected chi connectivity index (χ4v) is 3.24. The summed E-state index contributed by atoms with van der Waals surface area (Å²) in [4.78, 5) is 8.05. The van der Waals surface area contributed by atoms with Gasteiger partial charge >= 0.3 is 0 Å². The summed E-state index contributed by atoms with van der Waals surface area (Å²) in [5.74, 6) is 0.992. The highest BCUT2D eigenvalue weighted by atomic mass is 127. The second-order valence-electron chi connectivity index (χ2n) is 5.38. The van der Waals surface area contributed by atoms with Crippen molar-refractivity contribution in [3.05, 3.63) is 22.4 Å². The van der Waals surface area contributed by atoms with Crippen LogP contribution in [-0.2, 0) is 16.0 Å². The minimum Gasteiger partial charge on any atom is -0.385 e. The number of hydrogen-bond donors (Lipinski definition) is 1. The second kappa shape index (κ2) is 12.0. The van der Waals surface area contributed by atoms with Gasteiger partial charge in [0.25, 0.3) is 0 Å². The summed E-state index contributed by atoms with van der Waals surface area (Å²) in [5.41, 5.74) is 0. The first-order valence-electron chi connectivity index (χ1n) is 7.92. The van der Waals surface area contributed by atoms with Crippen molar-refractivity contribution in [3.8, 4) is 0 Å². The summed E-state index contributed by atoms with van der Waals surface area (Å²) in [6.07, 6.45) is 3.48. The number of guanidine groups is 1. The summed E-state index contributed by atoms with van der Waals surface area (Å²) in [6.45, 7) is 4.41. The van der Waals surface area contributed by atoms with Crippen LogP contribution in [0.25, 0.3) is 0 Å². The number of nitrogens with one attached hydrogen (secondary N) is 1. The predicted octanol–water partition coefficient (Wildman–Crippen LogP) is 2.96. The number of halogens is 1. The van der Waals surface area contributed by atoms with Crippen molar-refractivity contribution in [1.29, 1.82) is 0 Å². The Kier molecular flexibility index (Phi) is 10.8. The average molecular weight is 453 g/mol. The highest BCUT2D eigenvalue weighted by Gasteiger charge is 2.21. The molecule has 1 fully saturated rings. The molecule has 0 radical (unpaired) electrons. The van der Waals surface area contributed by atoms with Crippen molar-refractivity contribution >= 4 is 41.3 Å². The van der Waals surface area contributed by atoms with Gasteiger partial charge in [0.1, 0.15) is 0 Å². The zero-order chi connectivity index (χ0) is 15.6. The van der Waals surface area contributed by atoms with E-state index in [-0.39, 0.29) is 24.0 Å². The Morgan fingerprint density at radius 1 is 1.39 bits per heavy atom. The number of hydrogen-bond acceptors (Lipinski definition) is 4. The normalized spacial score (nSPS) is 16.3. The molecule has 1 aromatic heterocycles. The van der Waals surface area contributed by atoms with E-state index in [1.807, 2.05) is 7.05 Å². The van der Waals surface area contributed by atoms with E-state index in [4.69, 9.17) is 9.47 Å². The number of rotatable bonds is 7. The molecule has 1 aliphatic heterocycles. The van der Waals surface area contributed by atoms with Crippen LogP contribution >= 0.6 is 35.3 Å². The molecule has 2 heterocycles. The summed E-state index contributed by atoms with van der Waals surface area (Å²) in [6, 6.07) is 4.22. The number of thiophene rings is 1. The maximum Gasteiger partial charge on any atom is 0.193 e. The lowest BCUT2D eigenvalue weighted by molar-refractivity contribution is 0.00990. The van der Waals surface area contributed by atoms with Crippen LogP contribution < -0.4 is 5.32 Å². The predicted molar refractivity (Wildman–Crippen MR) is 107 cm³/mol. The van der Waals surface area contributed by atoms with Crippen LogP contribution in [0.4, 0.5) is 0 Å². The summed E-state index contributed by atoms with van der Waals surface area (Å²) >= 11 is 1.77. The molecule has 0 atom stereocenters. The molecule has 0 saturated carbocycles. The van der Waals surface area contributed by atoms with Crippen LogP contribution in [0.1, 0.15) is 24.1 Å². The van der Waals surface area contributed by atoms with Crippen molar-refractivity contribution < 1.29 is 9.47 Å². The fraction of sp³-hybridized carbons (Fsp3) is 0.688. The minimum absolute atomic E-state index is 0. The molecule has 2 rings (SSSR count). The van der Waals surface area contributed by atoms with E-state index in [9.17, 15) is 0 Å². The SMILES string of the molecule is CN=C(NCc1cccs1)N1CCC(OCCCOC)CC1.I. The van der Waals surface area contributed by atoms with Crippen molar-refractivity contribution in [2.45, 2.75) is 31.9 Å². The second-order valence-corrected chi connectivity index (χ2v) is 6.42. The van der Waals surface area contributed by atoms with Crippen LogP contribution in [-0.4, -0.2) is 57.4 Å². The number of nitrogens with zero attached hydrogens (tertiary/aromatic N) is 2. The van der Waals surface area contributed by atoms with Crippen molar-refractivity contribution in [3.63, 3.8) is 0 Å². The molecule has 1 aliphatic rings. The molecule has 1 saturated heterocycles. The van der Waals surface area contributed by atoms with Crippen LogP contribution in [0.3, 0.4) is 0 Å². The number of ether oxygens (including phenoxy) is 2. The van der Waals surface area contributed by atoms with Gasteiger partial charge in [-0.05, 0) is 30.7 Å². The lowest BCUT2D eigenvalue weighted by atomic mass is 10.1. The van der Waals surface area contributed by atoms with E-state index in [2.05, 4.69) is 32.7 Å². The van der Waals surface area contributed by atoms with Gasteiger partial charge in [-0.1, -0.05) is 6.07 Å². The van der Waals surface area contributed by atoms with Gasteiger partial charge in [0.05, 0.1) is 12.6 Å². The van der Waals surface area contributed by atoms with Gasteiger partial charge in [0.2, 0.25) is 0 Å². The quantitative estimate of drug-likeness (QED) is 0.299. The lowest BCUT2D eigenvalue weighted by Gasteiger charge is -2.34. The minimum atomic E-state index is 0. The Balaban J connectivity index is 0.00000264. The van der Waals surface area contributed by atoms with Crippen molar-refractivity contribution in [2.75, 3.05) is 40.5 Å². The zero-order valence-electron chi connectivity index (χ0n) is 14.0. The van der Waals surface area contributed by atoms with E-state index in [1.54, 1.807) is 18.4 Å². The van der Waals surface area contributed by atoms with Crippen molar-refractivity contribution in [2.24, 2.45) is 4.99 Å². The molecule has 0 unspecified atom stereocenters. The van der Waals surface area contributed by atoms with Crippen LogP contribution in [0.15, 0.2) is 22.5 Å². The Morgan fingerprint density at radius 2 is 2.17 bits per heavy atom. The Morgan fingerprint density at radius 3 is 2.78 bits per heavy atom. The first-order chi connectivity index (χ1) is 10.8. The van der Waals surface area contributed by atoms with E-state index in [1.165, 1.54) is 4.88 Å². The molecule has 0 bridgehead atoms. The van der Waals surface area contributed by atoms with E-state index in [0.717, 1.165) is 58.1 Å². The Bertz CT molecular complexity index is 435. The topological polar surface area (TPSA) is 46.1 Å². The maximum atomic E-state index is 5.90. The molecule has 0 amide bonds. The third kappa shape index (κ3) is 7.36. The van der Waals surface area contributed by atoms with Gasteiger partial charge in [-0.25, -0.2) is 0 Å². The van der Waals surface area contributed by atoms with Crippen molar-refractivity contribution in [1.82, 2.24) is 10.2 Å². The van der Waals surface area contributed by atoms with E-state index >= 15 is 0 Å². The Labute approximate surface area is 160 Å². The highest BCUT2D eigenvalue weighted by Crippen LogP contribution is 2.14. The number of piperidine rings is 1. The molecule has 1 aromatic rings. The average Bonchev–Trinajstić information content (AvgIpc) is 3.07. The zero-order valence-corrected chi connectivity index (χ0v) is 17.1. The molecule has 23 heavy (non-hydrogen) atoms. The van der Waals surface area contributed by atoms with Crippen LogP contribution in [0, 0.1) is 0 Å². The Hall–Kier alpha value is -0.380. The third-order valence-electron chi connectivity index (χ3n) is 3.80. The van der Waals surface area contributed by atoms with Gasteiger partial charge < -0.3 is 19.7 Å². The standard InChI is InChI=1S/C16H27N3O2S.HI/c1-17-16(18-13-15-5-3-12-22-15)19-8-6-14(7-9-19)21-11-4-10-20-2;/h3,5,12,14H,4,6-11,13H2,1-2H3,(H,17,18);1H. The first-order valence-corrected chi connectivity index (χ1v) is 8.80. The van der Waals surface area contributed by atoms with Gasteiger partial charge in [0, 0.05) is 45.3 Å². The molecular formula is C16H28IN3O2S. The smallest absolute Gasteiger partial charge is 0.193 e. The molecule has 5 nitrogen and oxygen atoms in total. The van der Waals surface area contributed by atoms with Gasteiger partial charge in [-0.2, -0.15) is 0 Å². The van der Waals surface area contributed by atoms with E-state index < -0.39 is 0 Å².